The SMILES string of the molecule is C=C(C(=O)OCC)[C@H](NS(C)(=O)=O)c1ccccc1. The van der Waals surface area contributed by atoms with Crippen molar-refractivity contribution in [2.45, 2.75) is 13.0 Å². The van der Waals surface area contributed by atoms with Gasteiger partial charge in [-0.05, 0) is 12.5 Å². The third-order valence-electron chi connectivity index (χ3n) is 2.35. The van der Waals surface area contributed by atoms with Gasteiger partial charge in [0.1, 0.15) is 0 Å². The molecule has 19 heavy (non-hydrogen) atoms. The molecule has 1 aromatic carbocycles. The van der Waals surface area contributed by atoms with E-state index in [1.165, 1.54) is 0 Å². The smallest absolute Gasteiger partial charge is 0.335 e. The second kappa shape index (κ2) is 6.49. The van der Waals surface area contributed by atoms with Crippen LogP contribution in [0.1, 0.15) is 18.5 Å². The van der Waals surface area contributed by atoms with Crippen LogP contribution in [0.5, 0.6) is 0 Å². The lowest BCUT2D eigenvalue weighted by molar-refractivity contribution is -0.138. The first-order chi connectivity index (χ1) is 8.85. The summed E-state index contributed by atoms with van der Waals surface area (Å²) in [5.74, 6) is -0.618. The van der Waals surface area contributed by atoms with Crippen LogP contribution in [0.25, 0.3) is 0 Å². The summed E-state index contributed by atoms with van der Waals surface area (Å²) in [6, 6.07) is 7.92. The fourth-order valence-electron chi connectivity index (χ4n) is 1.54. The third kappa shape index (κ3) is 4.84. The normalized spacial score (nSPS) is 12.7. The van der Waals surface area contributed by atoms with E-state index in [0.717, 1.165) is 6.26 Å². The number of hydrogen-bond acceptors (Lipinski definition) is 4. The van der Waals surface area contributed by atoms with Crippen LogP contribution < -0.4 is 4.72 Å². The molecule has 1 rings (SSSR count). The summed E-state index contributed by atoms with van der Waals surface area (Å²) in [5.41, 5.74) is 0.685. The highest BCUT2D eigenvalue weighted by Crippen LogP contribution is 2.22. The molecule has 0 unspecified atom stereocenters. The van der Waals surface area contributed by atoms with Crippen LogP contribution in [0, 0.1) is 0 Å². The summed E-state index contributed by atoms with van der Waals surface area (Å²) in [5, 5.41) is 0. The number of rotatable bonds is 6. The Bertz CT molecular complexity index is 551. The first-order valence-corrected chi connectivity index (χ1v) is 7.62. The molecule has 0 spiro atoms. The van der Waals surface area contributed by atoms with Crippen LogP contribution in [0.3, 0.4) is 0 Å². The Balaban J connectivity index is 3.06. The zero-order valence-electron chi connectivity index (χ0n) is 10.9. The van der Waals surface area contributed by atoms with E-state index in [-0.39, 0.29) is 12.2 Å². The van der Waals surface area contributed by atoms with E-state index in [2.05, 4.69) is 11.3 Å². The number of esters is 1. The molecular weight excluding hydrogens is 266 g/mol. The van der Waals surface area contributed by atoms with Crippen molar-refractivity contribution in [3.8, 4) is 0 Å². The van der Waals surface area contributed by atoms with Gasteiger partial charge in [0.05, 0.1) is 24.5 Å². The topological polar surface area (TPSA) is 72.5 Å². The summed E-state index contributed by atoms with van der Waals surface area (Å²) in [4.78, 5) is 11.7. The van der Waals surface area contributed by atoms with Gasteiger partial charge in [-0.2, -0.15) is 0 Å². The molecule has 1 aromatic rings. The largest absolute Gasteiger partial charge is 0.463 e. The maximum absolute atomic E-state index is 11.7. The second-order valence-corrected chi connectivity index (χ2v) is 5.76. The first kappa shape index (κ1) is 15.4. The van der Waals surface area contributed by atoms with E-state index in [4.69, 9.17) is 4.74 Å². The summed E-state index contributed by atoms with van der Waals surface area (Å²) < 4.78 is 30.0. The van der Waals surface area contributed by atoms with Gasteiger partial charge in [-0.25, -0.2) is 17.9 Å². The standard InChI is InChI=1S/C13H17NO4S/c1-4-18-13(15)10(2)12(14-19(3,16)17)11-8-6-5-7-9-11/h5-9,12,14H,2,4H2,1,3H3/t12-/m0/s1. The van der Waals surface area contributed by atoms with Gasteiger partial charge in [0, 0.05) is 0 Å². The fourth-order valence-corrected chi connectivity index (χ4v) is 2.25. The van der Waals surface area contributed by atoms with Crippen molar-refractivity contribution in [1.29, 1.82) is 0 Å². The quantitative estimate of drug-likeness (QED) is 0.632. The van der Waals surface area contributed by atoms with E-state index >= 15 is 0 Å². The molecule has 0 aromatic heterocycles. The van der Waals surface area contributed by atoms with Crippen LogP contribution >= 0.6 is 0 Å². The van der Waals surface area contributed by atoms with Gasteiger partial charge in [-0.1, -0.05) is 36.9 Å². The van der Waals surface area contributed by atoms with Crippen molar-refractivity contribution < 1.29 is 17.9 Å². The molecule has 5 nitrogen and oxygen atoms in total. The first-order valence-electron chi connectivity index (χ1n) is 5.73. The average Bonchev–Trinajstić information content (AvgIpc) is 2.35. The minimum atomic E-state index is -3.48. The van der Waals surface area contributed by atoms with Crippen LogP contribution in [-0.2, 0) is 19.6 Å². The molecule has 104 valence electrons. The van der Waals surface area contributed by atoms with Crippen molar-refractivity contribution in [2.24, 2.45) is 0 Å². The molecule has 0 fully saturated rings. The number of nitrogens with one attached hydrogen (secondary N) is 1. The average molecular weight is 283 g/mol. The highest BCUT2D eigenvalue weighted by atomic mass is 32.2. The van der Waals surface area contributed by atoms with Crippen molar-refractivity contribution >= 4 is 16.0 Å². The van der Waals surface area contributed by atoms with Crippen LogP contribution in [0.15, 0.2) is 42.5 Å². The molecule has 1 N–H and O–H groups in total. The number of sulfonamides is 1. The summed E-state index contributed by atoms with van der Waals surface area (Å²) in [7, 11) is -3.48. The maximum atomic E-state index is 11.7. The van der Waals surface area contributed by atoms with Crippen LogP contribution in [-0.4, -0.2) is 27.2 Å². The predicted molar refractivity (Wildman–Crippen MR) is 72.9 cm³/mol. The van der Waals surface area contributed by atoms with Crippen molar-refractivity contribution in [3.63, 3.8) is 0 Å². The van der Waals surface area contributed by atoms with Gasteiger partial charge in [0.25, 0.3) is 0 Å². The monoisotopic (exact) mass is 283 g/mol. The minimum Gasteiger partial charge on any atom is -0.463 e. The minimum absolute atomic E-state index is 0.0541. The summed E-state index contributed by atoms with van der Waals surface area (Å²) in [6.45, 7) is 5.51. The van der Waals surface area contributed by atoms with Gasteiger partial charge in [0.2, 0.25) is 10.0 Å². The zero-order valence-corrected chi connectivity index (χ0v) is 11.7. The predicted octanol–water partition coefficient (Wildman–Crippen LogP) is 1.40. The Hall–Kier alpha value is -1.66. The van der Waals surface area contributed by atoms with E-state index in [9.17, 15) is 13.2 Å². The van der Waals surface area contributed by atoms with Gasteiger partial charge in [0.15, 0.2) is 0 Å². The van der Waals surface area contributed by atoms with Gasteiger partial charge >= 0.3 is 5.97 Å². The molecule has 0 saturated heterocycles. The Morgan fingerprint density at radius 2 is 1.95 bits per heavy atom. The molecule has 0 heterocycles. The molecule has 0 radical (unpaired) electrons. The molecule has 0 amide bonds. The van der Waals surface area contributed by atoms with Gasteiger partial charge in [-0.3, -0.25) is 0 Å². The lowest BCUT2D eigenvalue weighted by atomic mass is 10.0. The summed E-state index contributed by atoms with van der Waals surface area (Å²) in [6.07, 6.45) is 1.03. The van der Waals surface area contributed by atoms with Gasteiger partial charge < -0.3 is 4.74 Å². The molecule has 1 atom stereocenters. The number of benzene rings is 1. The van der Waals surface area contributed by atoms with E-state index < -0.39 is 22.0 Å². The van der Waals surface area contributed by atoms with Crippen LogP contribution in [0.2, 0.25) is 0 Å². The number of ether oxygens (including phenoxy) is 1. The third-order valence-corrected chi connectivity index (χ3v) is 3.01. The highest BCUT2D eigenvalue weighted by molar-refractivity contribution is 7.88. The molecular formula is C13H17NO4S. The number of carbonyl (C=O) groups excluding carboxylic acids is 1. The Morgan fingerprint density at radius 1 is 1.37 bits per heavy atom. The number of carbonyl (C=O) groups is 1. The Morgan fingerprint density at radius 3 is 2.42 bits per heavy atom. The molecule has 0 saturated carbocycles. The van der Waals surface area contributed by atoms with E-state index in [0.29, 0.717) is 5.56 Å². The number of hydrogen-bond donors (Lipinski definition) is 1. The van der Waals surface area contributed by atoms with Crippen molar-refractivity contribution in [2.75, 3.05) is 12.9 Å². The second-order valence-electron chi connectivity index (χ2n) is 3.98. The fraction of sp³-hybridized carbons (Fsp3) is 0.308. The van der Waals surface area contributed by atoms with E-state index in [1.54, 1.807) is 37.3 Å². The van der Waals surface area contributed by atoms with E-state index in [1.807, 2.05) is 0 Å². The summed E-state index contributed by atoms with van der Waals surface area (Å²) >= 11 is 0. The molecule has 6 heteroatoms. The van der Waals surface area contributed by atoms with Crippen molar-refractivity contribution in [1.82, 2.24) is 4.72 Å². The Kier molecular flexibility index (Phi) is 5.26. The highest BCUT2D eigenvalue weighted by Gasteiger charge is 2.24. The van der Waals surface area contributed by atoms with Crippen molar-refractivity contribution in [3.05, 3.63) is 48.0 Å². The zero-order chi connectivity index (χ0) is 14.5. The van der Waals surface area contributed by atoms with Gasteiger partial charge in [-0.15, -0.1) is 0 Å². The molecule has 0 aliphatic rings. The molecule has 0 aliphatic heterocycles. The lowest BCUT2D eigenvalue weighted by Gasteiger charge is -2.19. The lowest BCUT2D eigenvalue weighted by Crippen LogP contribution is -2.31. The Labute approximate surface area is 113 Å². The maximum Gasteiger partial charge on any atom is 0.335 e. The van der Waals surface area contributed by atoms with Crippen LogP contribution in [0.4, 0.5) is 0 Å². The molecule has 0 aliphatic carbocycles. The molecule has 0 bridgehead atoms.